The van der Waals surface area contributed by atoms with E-state index in [2.05, 4.69) is 27.9 Å². The molecule has 1 aromatic rings. The Morgan fingerprint density at radius 2 is 2.17 bits per heavy atom. The van der Waals surface area contributed by atoms with Crippen molar-refractivity contribution in [2.24, 2.45) is 11.1 Å². The van der Waals surface area contributed by atoms with Gasteiger partial charge in [0.05, 0.1) is 0 Å². The van der Waals surface area contributed by atoms with Gasteiger partial charge < -0.3 is 10.6 Å². The van der Waals surface area contributed by atoms with Gasteiger partial charge in [0.1, 0.15) is 5.82 Å². The number of nitrogens with two attached hydrogens (primary N) is 1. The maximum Gasteiger partial charge on any atom is 0.126 e. The van der Waals surface area contributed by atoms with Crippen LogP contribution in [0.4, 0.5) is 4.39 Å². The molecule has 1 aliphatic carbocycles. The van der Waals surface area contributed by atoms with Crippen molar-refractivity contribution in [2.45, 2.75) is 19.3 Å². The molecule has 0 atom stereocenters. The highest BCUT2D eigenvalue weighted by atomic mass is 79.9. The third-order valence-electron chi connectivity index (χ3n) is 3.77. The minimum Gasteiger partial charge on any atom is -0.330 e. The van der Waals surface area contributed by atoms with Gasteiger partial charge in [0, 0.05) is 17.6 Å². The lowest BCUT2D eigenvalue weighted by Gasteiger charge is -2.22. The molecule has 1 saturated carbocycles. The Morgan fingerprint density at radius 1 is 1.44 bits per heavy atom. The van der Waals surface area contributed by atoms with Gasteiger partial charge in [-0.15, -0.1) is 0 Å². The number of rotatable bonds is 6. The standard InChI is InChI=1S/C14H20BrFN2/c1-18(10-14(9-17)5-6-14)7-4-11-8-12(15)2-3-13(11)16/h2-3,8H,4-7,9-10,17H2,1H3. The number of nitrogens with zero attached hydrogens (tertiary/aromatic N) is 1. The fraction of sp³-hybridized carbons (Fsp3) is 0.571. The van der Waals surface area contributed by atoms with Gasteiger partial charge in [-0.2, -0.15) is 0 Å². The summed E-state index contributed by atoms with van der Waals surface area (Å²) in [5.41, 5.74) is 6.90. The molecule has 0 unspecified atom stereocenters. The molecule has 1 aliphatic rings. The van der Waals surface area contributed by atoms with E-state index in [1.807, 2.05) is 6.07 Å². The van der Waals surface area contributed by atoms with Crippen LogP contribution in [0.25, 0.3) is 0 Å². The van der Waals surface area contributed by atoms with Crippen LogP contribution in [0.2, 0.25) is 0 Å². The smallest absolute Gasteiger partial charge is 0.126 e. The van der Waals surface area contributed by atoms with Crippen molar-refractivity contribution < 1.29 is 4.39 Å². The molecule has 0 bridgehead atoms. The van der Waals surface area contributed by atoms with Gasteiger partial charge in [0.2, 0.25) is 0 Å². The summed E-state index contributed by atoms with van der Waals surface area (Å²) in [6, 6.07) is 5.11. The lowest BCUT2D eigenvalue weighted by atomic mass is 10.1. The first-order chi connectivity index (χ1) is 8.54. The van der Waals surface area contributed by atoms with Crippen molar-refractivity contribution in [1.82, 2.24) is 4.90 Å². The third-order valence-corrected chi connectivity index (χ3v) is 4.26. The van der Waals surface area contributed by atoms with E-state index in [0.29, 0.717) is 5.41 Å². The molecular formula is C14H20BrFN2. The van der Waals surface area contributed by atoms with Crippen molar-refractivity contribution in [1.29, 1.82) is 0 Å². The fourth-order valence-corrected chi connectivity index (χ4v) is 2.71. The molecule has 2 rings (SSSR count). The van der Waals surface area contributed by atoms with Crippen LogP contribution in [0.1, 0.15) is 18.4 Å². The quantitative estimate of drug-likeness (QED) is 0.875. The molecule has 0 heterocycles. The van der Waals surface area contributed by atoms with Gasteiger partial charge in [0.25, 0.3) is 0 Å². The van der Waals surface area contributed by atoms with Gasteiger partial charge in [-0.1, -0.05) is 15.9 Å². The summed E-state index contributed by atoms with van der Waals surface area (Å²) in [6.07, 6.45) is 3.21. The van der Waals surface area contributed by atoms with Crippen LogP contribution in [-0.2, 0) is 6.42 Å². The zero-order valence-corrected chi connectivity index (χ0v) is 12.3. The second-order valence-electron chi connectivity index (χ2n) is 5.43. The number of likely N-dealkylation sites (N-methyl/N-ethyl adjacent to an activating group) is 1. The Bertz CT molecular complexity index is 418. The fourth-order valence-electron chi connectivity index (χ4n) is 2.30. The summed E-state index contributed by atoms with van der Waals surface area (Å²) >= 11 is 3.38. The van der Waals surface area contributed by atoms with Crippen LogP contribution in [-0.4, -0.2) is 31.6 Å². The number of hydrogen-bond acceptors (Lipinski definition) is 2. The molecule has 2 N–H and O–H groups in total. The Hall–Kier alpha value is -0.450. The Labute approximate surface area is 116 Å². The summed E-state index contributed by atoms with van der Waals surface area (Å²) in [6.45, 7) is 2.66. The zero-order chi connectivity index (χ0) is 13.2. The summed E-state index contributed by atoms with van der Waals surface area (Å²) in [5.74, 6) is -0.119. The van der Waals surface area contributed by atoms with Crippen molar-refractivity contribution in [3.05, 3.63) is 34.1 Å². The molecule has 18 heavy (non-hydrogen) atoms. The second kappa shape index (κ2) is 5.68. The minimum atomic E-state index is -0.119. The highest BCUT2D eigenvalue weighted by molar-refractivity contribution is 9.10. The van der Waals surface area contributed by atoms with E-state index in [9.17, 15) is 4.39 Å². The van der Waals surface area contributed by atoms with Crippen LogP contribution >= 0.6 is 15.9 Å². The SMILES string of the molecule is CN(CCc1cc(Br)ccc1F)CC1(CN)CC1. The molecule has 0 aliphatic heterocycles. The molecule has 0 radical (unpaired) electrons. The van der Waals surface area contributed by atoms with E-state index >= 15 is 0 Å². The van der Waals surface area contributed by atoms with Gasteiger partial charge >= 0.3 is 0 Å². The van der Waals surface area contributed by atoms with Gasteiger partial charge in [-0.05, 0) is 62.0 Å². The predicted molar refractivity (Wildman–Crippen MR) is 76.0 cm³/mol. The Morgan fingerprint density at radius 3 is 2.78 bits per heavy atom. The lowest BCUT2D eigenvalue weighted by molar-refractivity contribution is 0.268. The van der Waals surface area contributed by atoms with Gasteiger partial charge in [-0.3, -0.25) is 0 Å². The molecular weight excluding hydrogens is 295 g/mol. The van der Waals surface area contributed by atoms with E-state index in [0.717, 1.165) is 36.1 Å². The first-order valence-electron chi connectivity index (χ1n) is 6.37. The number of halogens is 2. The summed E-state index contributed by atoms with van der Waals surface area (Å²) in [7, 11) is 2.09. The maximum absolute atomic E-state index is 13.6. The molecule has 0 saturated heterocycles. The molecule has 0 aromatic heterocycles. The van der Waals surface area contributed by atoms with Crippen molar-refractivity contribution in [3.8, 4) is 0 Å². The highest BCUT2D eigenvalue weighted by Crippen LogP contribution is 2.44. The second-order valence-corrected chi connectivity index (χ2v) is 6.34. The van der Waals surface area contributed by atoms with E-state index in [1.54, 1.807) is 6.07 Å². The van der Waals surface area contributed by atoms with Crippen LogP contribution < -0.4 is 5.73 Å². The number of benzene rings is 1. The third kappa shape index (κ3) is 3.53. The average Bonchev–Trinajstić information content (AvgIpc) is 3.11. The molecule has 0 spiro atoms. The van der Waals surface area contributed by atoms with E-state index in [1.165, 1.54) is 18.9 Å². The first kappa shape index (κ1) is 14.0. The minimum absolute atomic E-state index is 0.119. The van der Waals surface area contributed by atoms with Crippen LogP contribution in [0.5, 0.6) is 0 Å². The van der Waals surface area contributed by atoms with Gasteiger partial charge in [0.15, 0.2) is 0 Å². The highest BCUT2D eigenvalue weighted by Gasteiger charge is 2.41. The van der Waals surface area contributed by atoms with Crippen molar-refractivity contribution in [3.63, 3.8) is 0 Å². The maximum atomic E-state index is 13.6. The van der Waals surface area contributed by atoms with E-state index in [4.69, 9.17) is 5.73 Å². The normalized spacial score (nSPS) is 17.2. The summed E-state index contributed by atoms with van der Waals surface area (Å²) in [5, 5.41) is 0. The lowest BCUT2D eigenvalue weighted by Crippen LogP contribution is -2.32. The Balaban J connectivity index is 1.85. The monoisotopic (exact) mass is 314 g/mol. The molecule has 4 heteroatoms. The number of hydrogen-bond donors (Lipinski definition) is 1. The first-order valence-corrected chi connectivity index (χ1v) is 7.16. The molecule has 1 fully saturated rings. The van der Waals surface area contributed by atoms with E-state index in [-0.39, 0.29) is 5.82 Å². The van der Waals surface area contributed by atoms with Crippen LogP contribution in [0.15, 0.2) is 22.7 Å². The molecule has 1 aromatic carbocycles. The van der Waals surface area contributed by atoms with Gasteiger partial charge in [-0.25, -0.2) is 4.39 Å². The largest absolute Gasteiger partial charge is 0.330 e. The van der Waals surface area contributed by atoms with E-state index < -0.39 is 0 Å². The van der Waals surface area contributed by atoms with Crippen LogP contribution in [0.3, 0.4) is 0 Å². The van der Waals surface area contributed by atoms with Crippen molar-refractivity contribution >= 4 is 15.9 Å². The molecule has 100 valence electrons. The topological polar surface area (TPSA) is 29.3 Å². The van der Waals surface area contributed by atoms with Crippen molar-refractivity contribution in [2.75, 3.05) is 26.7 Å². The summed E-state index contributed by atoms with van der Waals surface area (Å²) in [4.78, 5) is 2.26. The zero-order valence-electron chi connectivity index (χ0n) is 10.8. The molecule has 0 amide bonds. The Kier molecular flexibility index (Phi) is 4.41. The summed E-state index contributed by atoms with van der Waals surface area (Å²) < 4.78 is 14.5. The predicted octanol–water partition coefficient (Wildman–Crippen LogP) is 2.80. The van der Waals surface area contributed by atoms with Crippen LogP contribution in [0, 0.1) is 11.2 Å². The molecule has 2 nitrogen and oxygen atoms in total. The average molecular weight is 315 g/mol.